The zero-order chi connectivity index (χ0) is 27.7. The average molecular weight is 598 g/mol. The standard InChI is InChI=1S/C33H29BrN2O4/c34-23-15-13-22(14-16-23)33(31(38)35-29-11-5-6-12-30(29)37)17-19-36(20-18-33)32(39)40-21-28-26-9-3-1-7-24(26)25-8-2-4-10-27(25)28/h1-16,28,37H,17-21H2,(H,35,38). The first kappa shape index (κ1) is 26.1. The Morgan fingerprint density at radius 2 is 1.43 bits per heavy atom. The molecule has 6 rings (SSSR count). The highest BCUT2D eigenvalue weighted by molar-refractivity contribution is 9.10. The van der Waals surface area contributed by atoms with Crippen molar-refractivity contribution in [3.05, 3.63) is 118 Å². The number of anilines is 1. The second-order valence-corrected chi connectivity index (χ2v) is 11.3. The molecule has 2 aliphatic rings. The number of phenols is 1. The summed E-state index contributed by atoms with van der Waals surface area (Å²) in [7, 11) is 0. The molecular weight excluding hydrogens is 568 g/mol. The summed E-state index contributed by atoms with van der Waals surface area (Å²) in [6.07, 6.45) is 0.489. The number of piperidine rings is 1. The number of ether oxygens (including phenoxy) is 1. The van der Waals surface area contributed by atoms with Crippen LogP contribution in [-0.2, 0) is 14.9 Å². The van der Waals surface area contributed by atoms with E-state index < -0.39 is 5.41 Å². The maximum absolute atomic E-state index is 13.8. The third-order valence-corrected chi connectivity index (χ3v) is 8.72. The average Bonchev–Trinajstić information content (AvgIpc) is 3.31. The van der Waals surface area contributed by atoms with Crippen LogP contribution >= 0.6 is 15.9 Å². The third-order valence-electron chi connectivity index (χ3n) is 8.19. The lowest BCUT2D eigenvalue weighted by molar-refractivity contribution is -0.123. The summed E-state index contributed by atoms with van der Waals surface area (Å²) < 4.78 is 6.81. The summed E-state index contributed by atoms with van der Waals surface area (Å²) in [6, 6.07) is 31.0. The minimum absolute atomic E-state index is 0.00711. The molecular formula is C33H29BrN2O4. The number of rotatable bonds is 5. The first-order valence-electron chi connectivity index (χ1n) is 13.4. The van der Waals surface area contributed by atoms with E-state index in [1.165, 1.54) is 22.3 Å². The van der Waals surface area contributed by atoms with Crippen LogP contribution in [0.1, 0.15) is 35.4 Å². The number of phenolic OH excluding ortho intramolecular Hbond substituents is 1. The van der Waals surface area contributed by atoms with E-state index in [1.807, 2.05) is 48.5 Å². The highest BCUT2D eigenvalue weighted by Gasteiger charge is 2.44. The van der Waals surface area contributed by atoms with Gasteiger partial charge >= 0.3 is 6.09 Å². The predicted molar refractivity (Wildman–Crippen MR) is 158 cm³/mol. The molecule has 202 valence electrons. The topological polar surface area (TPSA) is 78.9 Å². The number of fused-ring (bicyclic) bond motifs is 3. The third kappa shape index (κ3) is 4.75. The van der Waals surface area contributed by atoms with Crippen molar-refractivity contribution in [1.29, 1.82) is 0 Å². The van der Waals surface area contributed by atoms with Crippen LogP contribution < -0.4 is 5.32 Å². The fourth-order valence-electron chi connectivity index (χ4n) is 5.99. The smallest absolute Gasteiger partial charge is 0.409 e. The molecule has 1 saturated heterocycles. The summed E-state index contributed by atoms with van der Waals surface area (Å²) in [5.41, 5.74) is 5.09. The van der Waals surface area contributed by atoms with Crippen LogP contribution in [0.4, 0.5) is 10.5 Å². The number of hydrogen-bond donors (Lipinski definition) is 2. The molecule has 0 unspecified atom stereocenters. The van der Waals surface area contributed by atoms with Gasteiger partial charge in [0.15, 0.2) is 0 Å². The zero-order valence-corrected chi connectivity index (χ0v) is 23.4. The van der Waals surface area contributed by atoms with Gasteiger partial charge in [0.1, 0.15) is 12.4 Å². The Labute approximate surface area is 241 Å². The van der Waals surface area contributed by atoms with Crippen molar-refractivity contribution >= 4 is 33.6 Å². The summed E-state index contributed by atoms with van der Waals surface area (Å²) in [4.78, 5) is 28.7. The lowest BCUT2D eigenvalue weighted by Gasteiger charge is -2.40. The minimum atomic E-state index is -0.858. The molecule has 2 amide bonds. The van der Waals surface area contributed by atoms with Crippen molar-refractivity contribution in [2.75, 3.05) is 25.0 Å². The lowest BCUT2D eigenvalue weighted by atomic mass is 9.72. The van der Waals surface area contributed by atoms with Gasteiger partial charge in [-0.15, -0.1) is 0 Å². The van der Waals surface area contributed by atoms with Gasteiger partial charge in [-0.2, -0.15) is 0 Å². The van der Waals surface area contributed by atoms with Gasteiger partial charge in [-0.1, -0.05) is 88.7 Å². The molecule has 1 fully saturated rings. The van der Waals surface area contributed by atoms with Crippen molar-refractivity contribution in [2.45, 2.75) is 24.2 Å². The van der Waals surface area contributed by atoms with E-state index in [1.54, 1.807) is 29.2 Å². The van der Waals surface area contributed by atoms with Crippen molar-refractivity contribution < 1.29 is 19.4 Å². The first-order valence-corrected chi connectivity index (χ1v) is 14.2. The normalized spacial score (nSPS) is 15.7. The van der Waals surface area contributed by atoms with E-state index in [-0.39, 0.29) is 30.3 Å². The molecule has 2 N–H and O–H groups in total. The monoisotopic (exact) mass is 596 g/mol. The van der Waals surface area contributed by atoms with Gasteiger partial charge in [-0.25, -0.2) is 4.79 Å². The Hall–Kier alpha value is -4.10. The van der Waals surface area contributed by atoms with Gasteiger partial charge in [-0.3, -0.25) is 4.79 Å². The van der Waals surface area contributed by atoms with E-state index in [0.29, 0.717) is 31.6 Å². The molecule has 7 heteroatoms. The van der Waals surface area contributed by atoms with Crippen LogP contribution in [0.5, 0.6) is 5.75 Å². The predicted octanol–water partition coefficient (Wildman–Crippen LogP) is 7.08. The second-order valence-electron chi connectivity index (χ2n) is 10.4. The fourth-order valence-corrected chi connectivity index (χ4v) is 6.26. The zero-order valence-electron chi connectivity index (χ0n) is 21.8. The molecule has 40 heavy (non-hydrogen) atoms. The van der Waals surface area contributed by atoms with E-state index in [9.17, 15) is 14.7 Å². The number of nitrogens with zero attached hydrogens (tertiary/aromatic N) is 1. The number of carbonyl (C=O) groups is 2. The molecule has 0 aromatic heterocycles. The van der Waals surface area contributed by atoms with E-state index >= 15 is 0 Å². The van der Waals surface area contributed by atoms with Gasteiger partial charge in [0.2, 0.25) is 5.91 Å². The van der Waals surface area contributed by atoms with Crippen LogP contribution in [0.15, 0.2) is 102 Å². The maximum Gasteiger partial charge on any atom is 0.409 e. The molecule has 4 aromatic rings. The van der Waals surface area contributed by atoms with Crippen molar-refractivity contribution in [2.24, 2.45) is 0 Å². The van der Waals surface area contributed by atoms with Gasteiger partial charge in [0, 0.05) is 23.5 Å². The molecule has 0 radical (unpaired) electrons. The SMILES string of the molecule is O=C(OCC1c2ccccc2-c2ccccc21)N1CCC(C(=O)Nc2ccccc2O)(c2ccc(Br)cc2)CC1. The highest BCUT2D eigenvalue weighted by atomic mass is 79.9. The Balaban J connectivity index is 1.17. The van der Waals surface area contributed by atoms with Crippen LogP contribution in [0.25, 0.3) is 11.1 Å². The number of hydrogen-bond acceptors (Lipinski definition) is 4. The van der Waals surface area contributed by atoms with E-state index in [4.69, 9.17) is 4.74 Å². The van der Waals surface area contributed by atoms with Crippen LogP contribution in [0.2, 0.25) is 0 Å². The number of para-hydroxylation sites is 2. The Bertz CT molecular complexity index is 1520. The number of nitrogens with one attached hydrogen (secondary N) is 1. The summed E-state index contributed by atoms with van der Waals surface area (Å²) in [6.45, 7) is 1.01. The van der Waals surface area contributed by atoms with Gasteiger partial charge < -0.3 is 20.1 Å². The van der Waals surface area contributed by atoms with Crippen molar-refractivity contribution in [3.63, 3.8) is 0 Å². The molecule has 4 aromatic carbocycles. The molecule has 0 bridgehead atoms. The molecule has 1 heterocycles. The summed E-state index contributed by atoms with van der Waals surface area (Å²) in [5.74, 6) is -0.200. The number of amides is 2. The second kappa shape index (κ2) is 10.8. The Morgan fingerprint density at radius 3 is 2.05 bits per heavy atom. The molecule has 0 spiro atoms. The van der Waals surface area contributed by atoms with Gasteiger partial charge in [0.05, 0.1) is 11.1 Å². The molecule has 0 atom stereocenters. The van der Waals surface area contributed by atoms with Crippen molar-refractivity contribution in [3.8, 4) is 16.9 Å². The first-order chi connectivity index (χ1) is 19.5. The molecule has 1 aliphatic heterocycles. The number of carbonyl (C=O) groups excluding carboxylic acids is 2. The van der Waals surface area contributed by atoms with Gasteiger partial charge in [0.25, 0.3) is 0 Å². The minimum Gasteiger partial charge on any atom is -0.506 e. The molecule has 0 saturated carbocycles. The van der Waals surface area contributed by atoms with Crippen LogP contribution in [0, 0.1) is 0 Å². The lowest BCUT2D eigenvalue weighted by Crippen LogP contribution is -2.51. The van der Waals surface area contributed by atoms with E-state index in [0.717, 1.165) is 10.0 Å². The molecule has 6 nitrogen and oxygen atoms in total. The van der Waals surface area contributed by atoms with Crippen LogP contribution in [0.3, 0.4) is 0 Å². The summed E-state index contributed by atoms with van der Waals surface area (Å²) in [5, 5.41) is 13.2. The number of aromatic hydroxyl groups is 1. The maximum atomic E-state index is 13.8. The summed E-state index contributed by atoms with van der Waals surface area (Å²) >= 11 is 3.48. The van der Waals surface area contributed by atoms with Crippen LogP contribution in [-0.4, -0.2) is 41.7 Å². The van der Waals surface area contributed by atoms with E-state index in [2.05, 4.69) is 45.5 Å². The Morgan fingerprint density at radius 1 is 0.850 bits per heavy atom. The number of halogens is 1. The highest BCUT2D eigenvalue weighted by Crippen LogP contribution is 2.45. The Kier molecular flexibility index (Phi) is 7.07. The number of benzene rings is 4. The largest absolute Gasteiger partial charge is 0.506 e. The van der Waals surface area contributed by atoms with Gasteiger partial charge in [-0.05, 0) is 64.9 Å². The fraction of sp³-hybridized carbons (Fsp3) is 0.212. The number of likely N-dealkylation sites (tertiary alicyclic amines) is 1. The van der Waals surface area contributed by atoms with Crippen molar-refractivity contribution in [1.82, 2.24) is 4.90 Å². The quantitative estimate of drug-likeness (QED) is 0.241. The molecule has 1 aliphatic carbocycles.